The summed E-state index contributed by atoms with van der Waals surface area (Å²) >= 11 is 0. The average molecular weight is 866 g/mol. The van der Waals surface area contributed by atoms with Gasteiger partial charge in [-0.15, -0.1) is 0 Å². The van der Waals surface area contributed by atoms with Gasteiger partial charge in [0, 0.05) is 0 Å². The molecule has 63 heavy (non-hydrogen) atoms. The molecule has 0 N–H and O–H groups in total. The molecule has 0 nitrogen and oxygen atoms in total. The van der Waals surface area contributed by atoms with Gasteiger partial charge >= 0.3 is 0 Å². The molecule has 6 aromatic rings. The van der Waals surface area contributed by atoms with Crippen LogP contribution >= 0.6 is 0 Å². The molecule has 0 unspecified atom stereocenters. The van der Waals surface area contributed by atoms with Gasteiger partial charge in [0.05, 0.1) is 0 Å². The zero-order valence-corrected chi connectivity index (χ0v) is 46.4. The maximum absolute atomic E-state index is 2.24. The van der Waals surface area contributed by atoms with Crippen LogP contribution < -0.4 is 0 Å². The van der Waals surface area contributed by atoms with Gasteiger partial charge in [-0.25, -0.2) is 0 Å². The summed E-state index contributed by atoms with van der Waals surface area (Å²) < 4.78 is 0. The summed E-state index contributed by atoms with van der Waals surface area (Å²) in [5, 5.41) is 0. The third-order valence-electron chi connectivity index (χ3n) is 6.29. The zero-order chi connectivity index (χ0) is 50.8. The highest BCUT2D eigenvalue weighted by Crippen LogP contribution is 2.14. The Morgan fingerprint density at radius 3 is 0.365 bits per heavy atom. The Morgan fingerprint density at radius 2 is 0.238 bits per heavy atom. The molecular formula is C63H108. The summed E-state index contributed by atoms with van der Waals surface area (Å²) in [5.41, 5.74) is 8.20. The minimum atomic E-state index is 1.01. The predicted octanol–water partition coefficient (Wildman–Crippen LogP) is 22.1. The fraction of sp³-hybridized carbons (Fsp3) is 0.429. The lowest BCUT2D eigenvalue weighted by Crippen LogP contribution is -1.91. The summed E-state index contributed by atoms with van der Waals surface area (Å²) in [5.74, 6) is 0. The quantitative estimate of drug-likeness (QED) is 0.156. The van der Waals surface area contributed by atoms with Crippen LogP contribution in [-0.4, -0.2) is 0 Å². The van der Waals surface area contributed by atoms with E-state index < -0.39 is 0 Å². The van der Waals surface area contributed by atoms with Crippen molar-refractivity contribution in [3.63, 3.8) is 0 Å². The number of benzene rings is 6. The van der Waals surface area contributed by atoms with Gasteiger partial charge in [-0.3, -0.25) is 0 Å². The first kappa shape index (κ1) is 78.8. The Morgan fingerprint density at radius 1 is 0.143 bits per heavy atom. The Hall–Kier alpha value is -4.68. The van der Waals surface area contributed by atoms with Gasteiger partial charge in [-0.2, -0.15) is 0 Å². The standard InChI is InChI=1S/C20H18.C13H12.C6H6.12C2H6/c1-3-7-17(8-4-1)15-19-11-13-20(14-12-19)16-18-9-5-2-6-10-18;1-3-7-12(8-4-1)11-13-9-5-2-6-10-13;1-2-4-6-5-3-1;12*1-2/h1-14H,15-16H2;1-10H,11H2;1-6H;12*1-2H3. The molecule has 0 fully saturated rings. The molecular weight excluding hydrogens is 757 g/mol. The van der Waals surface area contributed by atoms with E-state index in [4.69, 9.17) is 0 Å². The lowest BCUT2D eigenvalue weighted by Gasteiger charge is -2.05. The SMILES string of the molecule is CC.CC.CC.CC.CC.CC.CC.CC.CC.CC.CC.CC.c1ccc(Cc2ccc(Cc3ccccc3)cc2)cc1.c1ccc(Cc2ccccc2)cc1.c1ccccc1. The van der Waals surface area contributed by atoms with Gasteiger partial charge in [0.25, 0.3) is 0 Å². The van der Waals surface area contributed by atoms with Crippen molar-refractivity contribution in [3.05, 3.63) is 215 Å². The lowest BCUT2D eigenvalue weighted by atomic mass is 10.0. The minimum Gasteiger partial charge on any atom is -0.0683 e. The van der Waals surface area contributed by atoms with E-state index in [1.165, 1.54) is 33.4 Å². The molecule has 360 valence electrons. The summed E-state index contributed by atoms with van der Waals surface area (Å²) in [6.45, 7) is 48.0. The molecule has 0 amide bonds. The molecule has 0 aromatic heterocycles. The van der Waals surface area contributed by atoms with Crippen molar-refractivity contribution in [1.82, 2.24) is 0 Å². The molecule has 0 spiro atoms. The smallest absolute Gasteiger partial charge is 0.00258 e. The van der Waals surface area contributed by atoms with Crippen LogP contribution in [0.15, 0.2) is 182 Å². The van der Waals surface area contributed by atoms with Crippen molar-refractivity contribution >= 4 is 0 Å². The van der Waals surface area contributed by atoms with E-state index in [9.17, 15) is 0 Å². The topological polar surface area (TPSA) is 0 Å². The third-order valence-corrected chi connectivity index (χ3v) is 6.29. The van der Waals surface area contributed by atoms with E-state index in [1.807, 2.05) is 203 Å². The second kappa shape index (κ2) is 84.7. The highest BCUT2D eigenvalue weighted by atomic mass is 14.0. The molecule has 0 bridgehead atoms. The molecule has 0 saturated carbocycles. The van der Waals surface area contributed by atoms with Gasteiger partial charge in [0.15, 0.2) is 0 Å². The van der Waals surface area contributed by atoms with Crippen LogP contribution in [-0.2, 0) is 19.3 Å². The van der Waals surface area contributed by atoms with Crippen LogP contribution in [0.5, 0.6) is 0 Å². The van der Waals surface area contributed by atoms with Gasteiger partial charge < -0.3 is 0 Å². The van der Waals surface area contributed by atoms with E-state index in [2.05, 4.69) is 146 Å². The summed E-state index contributed by atoms with van der Waals surface area (Å²) in [4.78, 5) is 0. The third kappa shape index (κ3) is 57.3. The maximum atomic E-state index is 2.24. The molecule has 6 aromatic carbocycles. The minimum absolute atomic E-state index is 1.01. The van der Waals surface area contributed by atoms with Gasteiger partial charge in [-0.1, -0.05) is 348 Å². The predicted molar refractivity (Wildman–Crippen MR) is 303 cm³/mol. The molecule has 0 heterocycles. The van der Waals surface area contributed by atoms with E-state index >= 15 is 0 Å². The largest absolute Gasteiger partial charge is 0.0683 e. The van der Waals surface area contributed by atoms with Crippen LogP contribution in [0, 0.1) is 0 Å². The fourth-order valence-corrected chi connectivity index (χ4v) is 4.25. The lowest BCUT2D eigenvalue weighted by molar-refractivity contribution is 1.15. The van der Waals surface area contributed by atoms with Crippen LogP contribution in [0.2, 0.25) is 0 Å². The molecule has 6 rings (SSSR count). The highest BCUT2D eigenvalue weighted by Gasteiger charge is 1.98. The second-order valence-corrected chi connectivity index (χ2v) is 9.44. The van der Waals surface area contributed by atoms with Crippen molar-refractivity contribution in [2.45, 2.75) is 185 Å². The molecule has 0 aliphatic heterocycles. The Bertz CT molecular complexity index is 1280. The van der Waals surface area contributed by atoms with E-state index in [0.29, 0.717) is 0 Å². The van der Waals surface area contributed by atoms with E-state index in [0.717, 1.165) is 19.3 Å². The first-order valence-electron chi connectivity index (χ1n) is 25.6. The highest BCUT2D eigenvalue weighted by molar-refractivity contribution is 5.32. The van der Waals surface area contributed by atoms with Crippen molar-refractivity contribution in [3.8, 4) is 0 Å². The first-order chi connectivity index (χ1) is 31.3. The van der Waals surface area contributed by atoms with Gasteiger partial charge in [0.1, 0.15) is 0 Å². The second-order valence-electron chi connectivity index (χ2n) is 9.44. The van der Waals surface area contributed by atoms with Crippen molar-refractivity contribution in [2.75, 3.05) is 0 Å². The van der Waals surface area contributed by atoms with Gasteiger partial charge in [-0.05, 0) is 52.6 Å². The van der Waals surface area contributed by atoms with E-state index in [-0.39, 0.29) is 0 Å². The molecule has 0 radical (unpaired) electrons. The molecule has 0 aliphatic carbocycles. The van der Waals surface area contributed by atoms with Crippen molar-refractivity contribution < 1.29 is 0 Å². The Balaban J connectivity index is -0.0000000844. The van der Waals surface area contributed by atoms with Crippen molar-refractivity contribution in [1.29, 1.82) is 0 Å². The molecule has 0 heteroatoms. The first-order valence-corrected chi connectivity index (χ1v) is 25.6. The monoisotopic (exact) mass is 865 g/mol. The average Bonchev–Trinajstić information content (AvgIpc) is 3.44. The van der Waals surface area contributed by atoms with Gasteiger partial charge in [0.2, 0.25) is 0 Å². The van der Waals surface area contributed by atoms with Crippen molar-refractivity contribution in [2.24, 2.45) is 0 Å². The summed E-state index contributed by atoms with van der Waals surface area (Å²) in [7, 11) is 0. The number of hydrogen-bond acceptors (Lipinski definition) is 0. The maximum Gasteiger partial charge on any atom is -0.00258 e. The molecule has 0 aliphatic rings. The fourth-order valence-electron chi connectivity index (χ4n) is 4.25. The number of hydrogen-bond donors (Lipinski definition) is 0. The van der Waals surface area contributed by atoms with Crippen LogP contribution in [0.3, 0.4) is 0 Å². The van der Waals surface area contributed by atoms with Crippen LogP contribution in [0.4, 0.5) is 0 Å². The summed E-state index contributed by atoms with van der Waals surface area (Å²) in [6.07, 6.45) is 3.04. The van der Waals surface area contributed by atoms with E-state index in [1.54, 1.807) is 0 Å². The Kier molecular flexibility index (Phi) is 106. The summed E-state index contributed by atoms with van der Waals surface area (Å²) in [6, 6.07) is 63.3. The Labute approximate surface area is 399 Å². The zero-order valence-electron chi connectivity index (χ0n) is 46.4. The molecule has 0 atom stereocenters. The normalized spacial score (nSPS) is 7.24. The van der Waals surface area contributed by atoms with Crippen LogP contribution in [0.25, 0.3) is 0 Å². The molecule has 0 saturated heterocycles. The number of rotatable bonds is 6. The van der Waals surface area contributed by atoms with Crippen LogP contribution in [0.1, 0.15) is 200 Å².